The Morgan fingerprint density at radius 2 is 2.10 bits per heavy atom. The van der Waals surface area contributed by atoms with Crippen molar-refractivity contribution in [2.45, 2.75) is 31.1 Å². The van der Waals surface area contributed by atoms with Gasteiger partial charge in [0.15, 0.2) is 0 Å². The maximum atomic E-state index is 12.0. The summed E-state index contributed by atoms with van der Waals surface area (Å²) in [5, 5.41) is 0. The van der Waals surface area contributed by atoms with E-state index in [0.29, 0.717) is 6.42 Å². The molecule has 1 aromatic carbocycles. The molecule has 2 unspecified atom stereocenters. The van der Waals surface area contributed by atoms with Crippen molar-refractivity contribution in [3.63, 3.8) is 0 Å². The Kier molecular flexibility index (Phi) is 5.62. The summed E-state index contributed by atoms with van der Waals surface area (Å²) in [6.07, 6.45) is 4.19. The Morgan fingerprint density at radius 3 is 2.71 bits per heavy atom. The number of thioether (sulfide) groups is 1. The van der Waals surface area contributed by atoms with E-state index in [1.54, 1.807) is 11.8 Å². The van der Waals surface area contributed by atoms with Crippen molar-refractivity contribution < 1.29 is 14.3 Å². The Bertz CT molecular complexity index is 536. The van der Waals surface area contributed by atoms with Gasteiger partial charge in [0.25, 0.3) is 0 Å². The number of hydrogen-bond donors (Lipinski definition) is 0. The van der Waals surface area contributed by atoms with E-state index in [0.717, 1.165) is 22.6 Å². The number of hydrogen-bond acceptors (Lipinski definition) is 4. The first-order valence-electron chi connectivity index (χ1n) is 7.20. The van der Waals surface area contributed by atoms with Gasteiger partial charge in [-0.2, -0.15) is 0 Å². The molecular formula is C17H20O3S. The normalized spacial score (nSPS) is 22.4. The molecule has 3 nitrogen and oxygen atoms in total. The number of benzene rings is 1. The minimum atomic E-state index is -0.635. The summed E-state index contributed by atoms with van der Waals surface area (Å²) < 4.78 is 4.82. The smallest absolute Gasteiger partial charge is 0.316 e. The van der Waals surface area contributed by atoms with E-state index < -0.39 is 11.9 Å². The van der Waals surface area contributed by atoms with E-state index in [1.165, 1.54) is 7.11 Å². The number of rotatable bonds is 5. The monoisotopic (exact) mass is 304 g/mol. The van der Waals surface area contributed by atoms with E-state index >= 15 is 0 Å². The average molecular weight is 304 g/mol. The molecule has 0 spiro atoms. The molecule has 0 N–H and O–H groups in total. The van der Waals surface area contributed by atoms with Crippen molar-refractivity contribution >= 4 is 23.5 Å². The Hall–Kier alpha value is -1.55. The van der Waals surface area contributed by atoms with Crippen molar-refractivity contribution in [2.24, 2.45) is 11.8 Å². The highest BCUT2D eigenvalue weighted by Crippen LogP contribution is 2.42. The van der Waals surface area contributed by atoms with Gasteiger partial charge in [0.05, 0.1) is 7.11 Å². The van der Waals surface area contributed by atoms with Gasteiger partial charge in [0.1, 0.15) is 11.7 Å². The fourth-order valence-electron chi connectivity index (χ4n) is 2.67. The second-order valence-corrected chi connectivity index (χ2v) is 6.19. The minimum Gasteiger partial charge on any atom is -0.468 e. The second-order valence-electron chi connectivity index (χ2n) is 5.04. The third kappa shape index (κ3) is 3.76. The number of Topliss-reactive ketones (excluding diaryl/α,β-unsaturated/α-hetero) is 1. The molecule has 0 saturated heterocycles. The molecule has 0 aliphatic heterocycles. The second kappa shape index (κ2) is 7.46. The number of allylic oxidation sites excluding steroid dienone is 2. The van der Waals surface area contributed by atoms with Crippen LogP contribution in [0.1, 0.15) is 26.2 Å². The van der Waals surface area contributed by atoms with Crippen LogP contribution in [-0.4, -0.2) is 18.9 Å². The van der Waals surface area contributed by atoms with Crippen LogP contribution >= 0.6 is 11.8 Å². The summed E-state index contributed by atoms with van der Waals surface area (Å²) in [7, 11) is 1.35. The molecule has 2 atom stereocenters. The molecule has 1 aliphatic rings. The largest absolute Gasteiger partial charge is 0.468 e. The summed E-state index contributed by atoms with van der Waals surface area (Å²) in [5.74, 6) is -1.08. The van der Waals surface area contributed by atoms with Gasteiger partial charge in [-0.1, -0.05) is 43.0 Å². The molecule has 0 aromatic heterocycles. The number of carbonyl (C=O) groups is 2. The maximum Gasteiger partial charge on any atom is 0.316 e. The van der Waals surface area contributed by atoms with Crippen LogP contribution in [-0.2, 0) is 14.3 Å². The van der Waals surface area contributed by atoms with Crippen LogP contribution in [0, 0.1) is 11.8 Å². The molecule has 0 amide bonds. The number of carbonyl (C=O) groups excluding carboxylic acids is 2. The van der Waals surface area contributed by atoms with Crippen LogP contribution in [0.2, 0.25) is 0 Å². The van der Waals surface area contributed by atoms with Crippen molar-refractivity contribution in [2.75, 3.05) is 7.11 Å². The lowest BCUT2D eigenvalue weighted by Gasteiger charge is -2.19. The lowest BCUT2D eigenvalue weighted by Crippen LogP contribution is -2.26. The van der Waals surface area contributed by atoms with Gasteiger partial charge in [-0.15, -0.1) is 0 Å². The van der Waals surface area contributed by atoms with Crippen LogP contribution in [0.4, 0.5) is 0 Å². The molecule has 4 heteroatoms. The highest BCUT2D eigenvalue weighted by Gasteiger charge is 2.42. The summed E-state index contributed by atoms with van der Waals surface area (Å²) >= 11 is 1.65. The molecular weight excluding hydrogens is 284 g/mol. The molecule has 1 fully saturated rings. The van der Waals surface area contributed by atoms with E-state index in [2.05, 4.69) is 13.0 Å². The van der Waals surface area contributed by atoms with Crippen LogP contribution in [0.5, 0.6) is 0 Å². The quantitative estimate of drug-likeness (QED) is 0.471. The van der Waals surface area contributed by atoms with Gasteiger partial charge in [-0.05, 0) is 29.9 Å². The fraction of sp³-hybridized carbons (Fsp3) is 0.412. The van der Waals surface area contributed by atoms with E-state index in [1.807, 2.05) is 30.3 Å². The number of methoxy groups -OCH3 is 1. The third-order valence-corrected chi connectivity index (χ3v) is 4.87. The maximum absolute atomic E-state index is 12.0. The lowest BCUT2D eigenvalue weighted by atomic mass is 9.94. The summed E-state index contributed by atoms with van der Waals surface area (Å²) in [5.41, 5.74) is 0. The van der Waals surface area contributed by atoms with Gasteiger partial charge in [-0.3, -0.25) is 9.59 Å². The zero-order valence-electron chi connectivity index (χ0n) is 12.4. The standard InChI is InChI=1S/C17H20O3S/c1-3-7-15(21-12-8-5-4-6-9-12)13-10-11-14(18)16(13)17(19)20-2/h4-9,13,16H,3,10-11H2,1-2H3/b15-7+. The average Bonchev–Trinajstić information content (AvgIpc) is 2.89. The SMILES string of the molecule is CC/C=C(/Sc1ccccc1)C1CCC(=O)C1C(=O)OC. The predicted octanol–water partition coefficient (Wildman–Crippen LogP) is 3.84. The van der Waals surface area contributed by atoms with Crippen molar-refractivity contribution in [3.8, 4) is 0 Å². The minimum absolute atomic E-state index is 0.00233. The summed E-state index contributed by atoms with van der Waals surface area (Å²) in [4.78, 5) is 26.2. The summed E-state index contributed by atoms with van der Waals surface area (Å²) in [6, 6.07) is 10.0. The molecule has 1 saturated carbocycles. The molecule has 0 radical (unpaired) electrons. The zero-order chi connectivity index (χ0) is 15.2. The van der Waals surface area contributed by atoms with Crippen LogP contribution < -0.4 is 0 Å². The number of ether oxygens (including phenoxy) is 1. The zero-order valence-corrected chi connectivity index (χ0v) is 13.2. The first-order valence-corrected chi connectivity index (χ1v) is 8.02. The molecule has 1 aromatic rings. The van der Waals surface area contributed by atoms with Gasteiger partial charge in [0.2, 0.25) is 0 Å². The van der Waals surface area contributed by atoms with Crippen molar-refractivity contribution in [3.05, 3.63) is 41.3 Å². The first kappa shape index (κ1) is 15.8. The van der Waals surface area contributed by atoms with E-state index in [-0.39, 0.29) is 11.7 Å². The van der Waals surface area contributed by atoms with Crippen molar-refractivity contribution in [1.82, 2.24) is 0 Å². The Labute approximate surface area is 129 Å². The predicted molar refractivity (Wildman–Crippen MR) is 83.9 cm³/mol. The van der Waals surface area contributed by atoms with Crippen LogP contribution in [0.3, 0.4) is 0 Å². The molecule has 21 heavy (non-hydrogen) atoms. The van der Waals surface area contributed by atoms with E-state index in [9.17, 15) is 9.59 Å². The van der Waals surface area contributed by atoms with E-state index in [4.69, 9.17) is 4.74 Å². The third-order valence-electron chi connectivity index (χ3n) is 3.66. The molecule has 0 heterocycles. The van der Waals surface area contributed by atoms with Gasteiger partial charge in [-0.25, -0.2) is 0 Å². The Morgan fingerprint density at radius 1 is 1.38 bits per heavy atom. The molecule has 112 valence electrons. The number of esters is 1. The highest BCUT2D eigenvalue weighted by molar-refractivity contribution is 8.03. The van der Waals surface area contributed by atoms with Gasteiger partial charge in [0, 0.05) is 17.2 Å². The fourth-order valence-corrected chi connectivity index (χ4v) is 3.89. The molecule has 0 bridgehead atoms. The topological polar surface area (TPSA) is 43.4 Å². The van der Waals surface area contributed by atoms with Crippen molar-refractivity contribution in [1.29, 1.82) is 0 Å². The number of ketones is 1. The van der Waals surface area contributed by atoms with Gasteiger partial charge >= 0.3 is 5.97 Å². The van der Waals surface area contributed by atoms with Crippen LogP contribution in [0.15, 0.2) is 46.2 Å². The van der Waals surface area contributed by atoms with Gasteiger partial charge < -0.3 is 4.74 Å². The Balaban J connectivity index is 2.23. The molecule has 1 aliphatic carbocycles. The first-order chi connectivity index (χ1) is 10.2. The molecule has 2 rings (SSSR count). The highest BCUT2D eigenvalue weighted by atomic mass is 32.2. The lowest BCUT2D eigenvalue weighted by molar-refractivity contribution is -0.149. The van der Waals surface area contributed by atoms with Crippen LogP contribution in [0.25, 0.3) is 0 Å². The summed E-state index contributed by atoms with van der Waals surface area (Å²) in [6.45, 7) is 2.06.